The van der Waals surface area contributed by atoms with Gasteiger partial charge >= 0.3 is 5.97 Å². The molecule has 3 atom stereocenters. The van der Waals surface area contributed by atoms with E-state index in [1.54, 1.807) is 4.90 Å². The average Bonchev–Trinajstić information content (AvgIpc) is 3.14. The number of carbonyl (C=O) groups is 2. The highest BCUT2D eigenvalue weighted by Gasteiger charge is 2.51. The van der Waals surface area contributed by atoms with Crippen molar-refractivity contribution in [2.24, 2.45) is 11.8 Å². The number of Topliss-reactive ketones (excluding diaryl/α,β-unsaturated/α-hetero) is 1. The summed E-state index contributed by atoms with van der Waals surface area (Å²) in [4.78, 5) is 24.0. The van der Waals surface area contributed by atoms with E-state index in [0.717, 1.165) is 18.6 Å². The number of hydrogen-bond donors (Lipinski definition) is 1. The molecule has 1 heterocycles. The zero-order chi connectivity index (χ0) is 16.0. The minimum absolute atomic E-state index is 0.0746. The maximum Gasteiger partial charge on any atom is 0.303 e. The van der Waals surface area contributed by atoms with Crippen LogP contribution >= 0.6 is 0 Å². The lowest BCUT2D eigenvalue weighted by Gasteiger charge is -2.27. The van der Waals surface area contributed by atoms with Crippen molar-refractivity contribution in [2.75, 3.05) is 11.4 Å². The summed E-state index contributed by atoms with van der Waals surface area (Å²) < 4.78 is 28.6. The summed E-state index contributed by atoms with van der Waals surface area (Å²) in [5, 5.41) is 8.56. The Morgan fingerprint density at radius 2 is 1.91 bits per heavy atom. The number of carboxylic acid groups (broad SMARTS) is 1. The number of carboxylic acids is 1. The minimum atomic E-state index is -1.11. The SMILES string of the molecule is CC1C2CC2CN1c1c(F)cc(C(=O)CCC(=O)O)cc1F. The number of piperidine rings is 1. The fourth-order valence-corrected chi connectivity index (χ4v) is 3.38. The molecule has 22 heavy (non-hydrogen) atoms. The Morgan fingerprint density at radius 1 is 1.27 bits per heavy atom. The van der Waals surface area contributed by atoms with Gasteiger partial charge in [0.2, 0.25) is 0 Å². The van der Waals surface area contributed by atoms with E-state index in [1.807, 2.05) is 6.92 Å². The Hall–Kier alpha value is -1.98. The van der Waals surface area contributed by atoms with Crippen molar-refractivity contribution >= 4 is 17.4 Å². The summed E-state index contributed by atoms with van der Waals surface area (Å²) >= 11 is 0. The van der Waals surface area contributed by atoms with Gasteiger partial charge in [-0.05, 0) is 37.3 Å². The van der Waals surface area contributed by atoms with Crippen LogP contribution in [0.5, 0.6) is 0 Å². The topological polar surface area (TPSA) is 57.6 Å². The Kier molecular flexibility index (Phi) is 3.62. The molecule has 4 nitrogen and oxygen atoms in total. The summed E-state index contributed by atoms with van der Waals surface area (Å²) in [6, 6.07) is 2.13. The number of aliphatic carboxylic acids is 1. The van der Waals surface area contributed by atoms with E-state index in [1.165, 1.54) is 0 Å². The van der Waals surface area contributed by atoms with Crippen LogP contribution in [0.15, 0.2) is 12.1 Å². The number of carbonyl (C=O) groups excluding carboxylic acids is 1. The Morgan fingerprint density at radius 3 is 2.41 bits per heavy atom. The molecule has 3 unspecified atom stereocenters. The van der Waals surface area contributed by atoms with Crippen molar-refractivity contribution in [2.45, 2.75) is 32.2 Å². The predicted octanol–water partition coefficient (Wildman–Crippen LogP) is 2.86. The summed E-state index contributed by atoms with van der Waals surface area (Å²) in [6.45, 7) is 2.61. The quantitative estimate of drug-likeness (QED) is 0.850. The van der Waals surface area contributed by atoms with Gasteiger partial charge in [0.15, 0.2) is 5.78 Å². The van der Waals surface area contributed by atoms with Crippen LogP contribution in [0.1, 0.15) is 36.5 Å². The minimum Gasteiger partial charge on any atom is -0.481 e. The molecule has 1 aliphatic heterocycles. The van der Waals surface area contributed by atoms with Crippen LogP contribution in [0.25, 0.3) is 0 Å². The first-order valence-corrected chi connectivity index (χ1v) is 7.39. The van der Waals surface area contributed by atoms with E-state index < -0.39 is 23.4 Å². The van der Waals surface area contributed by atoms with E-state index in [4.69, 9.17) is 5.11 Å². The van der Waals surface area contributed by atoms with E-state index >= 15 is 0 Å². The molecule has 1 aromatic rings. The Labute approximate surface area is 126 Å². The third kappa shape index (κ3) is 2.58. The highest BCUT2D eigenvalue weighted by molar-refractivity contribution is 5.97. The van der Waals surface area contributed by atoms with Crippen molar-refractivity contribution in [3.05, 3.63) is 29.3 Å². The summed E-state index contributed by atoms with van der Waals surface area (Å²) in [5.41, 5.74) is -0.188. The molecule has 2 aliphatic rings. The van der Waals surface area contributed by atoms with Crippen LogP contribution in [0.4, 0.5) is 14.5 Å². The van der Waals surface area contributed by atoms with Crippen LogP contribution in [0.2, 0.25) is 0 Å². The van der Waals surface area contributed by atoms with Crippen LogP contribution in [-0.4, -0.2) is 29.4 Å². The molecular formula is C16H17F2NO3. The molecule has 3 rings (SSSR count). The highest BCUT2D eigenvalue weighted by atomic mass is 19.1. The van der Waals surface area contributed by atoms with Gasteiger partial charge in [0.05, 0.1) is 6.42 Å². The molecule has 0 bridgehead atoms. The monoisotopic (exact) mass is 309 g/mol. The zero-order valence-electron chi connectivity index (χ0n) is 12.2. The first-order valence-electron chi connectivity index (χ1n) is 7.39. The number of ketones is 1. The number of benzene rings is 1. The molecule has 0 radical (unpaired) electrons. The number of rotatable bonds is 5. The number of hydrogen-bond acceptors (Lipinski definition) is 3. The molecule has 1 aliphatic carbocycles. The van der Waals surface area contributed by atoms with Crippen molar-refractivity contribution in [3.8, 4) is 0 Å². The molecule has 0 aromatic heterocycles. The van der Waals surface area contributed by atoms with Gasteiger partial charge in [-0.15, -0.1) is 0 Å². The largest absolute Gasteiger partial charge is 0.481 e. The first-order chi connectivity index (χ1) is 10.4. The standard InChI is InChI=1S/C16H17F2NO3/c1-8-11-4-10(11)7-19(8)16-12(17)5-9(6-13(16)18)14(20)2-3-15(21)22/h5-6,8,10-11H,2-4,7H2,1H3,(H,21,22). The summed E-state index contributed by atoms with van der Waals surface area (Å²) in [7, 11) is 0. The highest BCUT2D eigenvalue weighted by Crippen LogP contribution is 2.51. The number of anilines is 1. The van der Waals surface area contributed by atoms with Crippen molar-refractivity contribution in [1.82, 2.24) is 0 Å². The molecule has 118 valence electrons. The molecule has 6 heteroatoms. The molecule has 2 fully saturated rings. The van der Waals surface area contributed by atoms with Crippen LogP contribution in [-0.2, 0) is 4.79 Å². The van der Waals surface area contributed by atoms with E-state index in [9.17, 15) is 18.4 Å². The molecule has 0 amide bonds. The van der Waals surface area contributed by atoms with Crippen molar-refractivity contribution in [3.63, 3.8) is 0 Å². The molecule has 1 N–H and O–H groups in total. The molecule has 0 spiro atoms. The first kappa shape index (κ1) is 14.9. The number of fused-ring (bicyclic) bond motifs is 1. The summed E-state index contributed by atoms with van der Waals surface area (Å²) in [5.74, 6) is -2.17. The van der Waals surface area contributed by atoms with Gasteiger partial charge in [-0.25, -0.2) is 8.78 Å². The fourth-order valence-electron chi connectivity index (χ4n) is 3.38. The average molecular weight is 309 g/mol. The van der Waals surface area contributed by atoms with E-state index in [2.05, 4.69) is 0 Å². The second kappa shape index (κ2) is 5.34. The lowest BCUT2D eigenvalue weighted by Crippen LogP contribution is -2.32. The van der Waals surface area contributed by atoms with E-state index in [-0.39, 0.29) is 30.1 Å². The van der Waals surface area contributed by atoms with Crippen molar-refractivity contribution < 1.29 is 23.5 Å². The van der Waals surface area contributed by atoms with Crippen molar-refractivity contribution in [1.29, 1.82) is 0 Å². The van der Waals surface area contributed by atoms with Gasteiger partial charge in [-0.2, -0.15) is 0 Å². The lowest BCUT2D eigenvalue weighted by molar-refractivity contribution is -0.136. The fraction of sp³-hybridized carbons (Fsp3) is 0.500. The normalized spacial score (nSPS) is 26.0. The van der Waals surface area contributed by atoms with Gasteiger partial charge in [0.25, 0.3) is 0 Å². The Bertz CT molecular complexity index is 623. The second-order valence-electron chi connectivity index (χ2n) is 6.16. The maximum absolute atomic E-state index is 14.3. The number of nitrogens with zero attached hydrogens (tertiary/aromatic N) is 1. The van der Waals surface area contributed by atoms with Gasteiger partial charge < -0.3 is 10.0 Å². The molecular weight excluding hydrogens is 292 g/mol. The third-order valence-corrected chi connectivity index (χ3v) is 4.71. The van der Waals surface area contributed by atoms with E-state index in [0.29, 0.717) is 18.4 Å². The zero-order valence-corrected chi connectivity index (χ0v) is 12.2. The predicted molar refractivity (Wildman–Crippen MR) is 76.0 cm³/mol. The lowest BCUT2D eigenvalue weighted by atomic mass is 10.0. The summed E-state index contributed by atoms with van der Waals surface area (Å²) in [6.07, 6.45) is 0.501. The van der Waals surface area contributed by atoms with Gasteiger partial charge in [0.1, 0.15) is 17.3 Å². The van der Waals surface area contributed by atoms with Crippen LogP contribution in [0.3, 0.4) is 0 Å². The molecule has 1 saturated heterocycles. The smallest absolute Gasteiger partial charge is 0.303 e. The second-order valence-corrected chi connectivity index (χ2v) is 6.16. The molecule has 1 aromatic carbocycles. The van der Waals surface area contributed by atoms with Gasteiger partial charge in [0, 0.05) is 24.6 Å². The number of halogens is 2. The maximum atomic E-state index is 14.3. The Balaban J connectivity index is 1.82. The molecule has 1 saturated carbocycles. The van der Waals surface area contributed by atoms with Gasteiger partial charge in [-0.1, -0.05) is 0 Å². The van der Waals surface area contributed by atoms with Gasteiger partial charge in [-0.3, -0.25) is 9.59 Å². The van der Waals surface area contributed by atoms with Crippen LogP contribution < -0.4 is 4.90 Å². The van der Waals surface area contributed by atoms with Crippen LogP contribution in [0, 0.1) is 23.5 Å². The third-order valence-electron chi connectivity index (χ3n) is 4.71.